The van der Waals surface area contributed by atoms with Gasteiger partial charge in [0, 0.05) is 50.1 Å². The number of para-hydroxylation sites is 4. The molecule has 0 N–H and O–H groups in total. The van der Waals surface area contributed by atoms with Gasteiger partial charge in [-0.3, -0.25) is 0 Å². The first-order chi connectivity index (χ1) is 34.4. The van der Waals surface area contributed by atoms with Crippen molar-refractivity contribution in [3.05, 3.63) is 265 Å². The largest absolute Gasteiger partial charge is 0.335 e. The Labute approximate surface area is 409 Å². The van der Waals surface area contributed by atoms with Gasteiger partial charge in [-0.25, -0.2) is 0 Å². The molecule has 11 aromatic carbocycles. The lowest BCUT2D eigenvalue weighted by Crippen LogP contribution is -2.26. The van der Waals surface area contributed by atoms with E-state index in [9.17, 15) is 0 Å². The normalized spacial score (nSPS) is 13.2. The van der Waals surface area contributed by atoms with E-state index in [2.05, 4.69) is 278 Å². The summed E-state index contributed by atoms with van der Waals surface area (Å²) in [6.07, 6.45) is 0. The average molecular weight is 896 g/mol. The van der Waals surface area contributed by atoms with Gasteiger partial charge in [0.2, 0.25) is 0 Å². The average Bonchev–Trinajstić information content (AvgIpc) is 4.02. The van der Waals surface area contributed by atoms with Gasteiger partial charge in [-0.1, -0.05) is 158 Å². The van der Waals surface area contributed by atoms with Gasteiger partial charge in [0.15, 0.2) is 0 Å². The van der Waals surface area contributed by atoms with E-state index in [4.69, 9.17) is 0 Å². The third-order valence-corrected chi connectivity index (χ3v) is 15.2. The number of anilines is 6. The summed E-state index contributed by atoms with van der Waals surface area (Å²) in [5.74, 6) is 0. The molecular formula is C67H49N3. The Kier molecular flexibility index (Phi) is 8.76. The van der Waals surface area contributed by atoms with Crippen molar-refractivity contribution in [1.82, 2.24) is 4.57 Å². The molecule has 14 rings (SSSR count). The molecule has 3 nitrogen and oxygen atoms in total. The Hall–Kier alpha value is -8.66. The summed E-state index contributed by atoms with van der Waals surface area (Å²) in [7, 11) is 0. The van der Waals surface area contributed by atoms with Crippen LogP contribution in [0.2, 0.25) is 0 Å². The van der Waals surface area contributed by atoms with Gasteiger partial charge in [-0.15, -0.1) is 0 Å². The molecule has 332 valence electrons. The van der Waals surface area contributed by atoms with E-state index in [-0.39, 0.29) is 5.54 Å². The fourth-order valence-corrected chi connectivity index (χ4v) is 12.5. The highest BCUT2D eigenvalue weighted by molar-refractivity contribution is 6.28. The van der Waals surface area contributed by atoms with E-state index < -0.39 is 5.41 Å². The second-order valence-corrected chi connectivity index (χ2v) is 20.0. The number of aromatic nitrogens is 1. The Morgan fingerprint density at radius 1 is 0.329 bits per heavy atom. The molecule has 1 aromatic heterocycles. The van der Waals surface area contributed by atoms with E-state index in [0.29, 0.717) is 0 Å². The maximum Gasteiger partial charge on any atom is 0.0726 e. The predicted molar refractivity (Wildman–Crippen MR) is 294 cm³/mol. The van der Waals surface area contributed by atoms with Crippen LogP contribution < -0.4 is 9.80 Å². The standard InChI is InChI=1S/C67H49N3/c1-66(2,3)70-62-39-38-50(55-36-37-56-61(40-41-63(70)65(56)64(55)62)69(47-24-12-6-13-25-47)48-26-14-7-15-27-48)44-32-34-53-54-35-33-49(68(45-20-8-4-9-21-45)46-22-10-5-11-23-46)43-60(54)67(59(53)42-44)57-30-18-16-28-51(57)52-29-17-19-31-58(52)67/h4-43H,1-3H3. The molecule has 0 radical (unpaired) electrons. The van der Waals surface area contributed by atoms with Gasteiger partial charge >= 0.3 is 0 Å². The van der Waals surface area contributed by atoms with Gasteiger partial charge < -0.3 is 14.4 Å². The lowest BCUT2D eigenvalue weighted by atomic mass is 9.70. The zero-order valence-electron chi connectivity index (χ0n) is 39.4. The van der Waals surface area contributed by atoms with Gasteiger partial charge in [0.05, 0.1) is 22.1 Å². The molecule has 12 aromatic rings. The van der Waals surface area contributed by atoms with Crippen molar-refractivity contribution in [3.8, 4) is 33.4 Å². The van der Waals surface area contributed by atoms with Crippen LogP contribution in [0, 0.1) is 0 Å². The van der Waals surface area contributed by atoms with Crippen LogP contribution in [0.4, 0.5) is 34.1 Å². The molecular weight excluding hydrogens is 847 g/mol. The third-order valence-electron chi connectivity index (χ3n) is 15.2. The summed E-state index contributed by atoms with van der Waals surface area (Å²) < 4.78 is 2.56. The minimum atomic E-state index is -0.539. The number of benzene rings is 11. The quantitative estimate of drug-likeness (QED) is 0.148. The Morgan fingerprint density at radius 2 is 0.757 bits per heavy atom. The van der Waals surface area contributed by atoms with Crippen LogP contribution in [0.3, 0.4) is 0 Å². The summed E-state index contributed by atoms with van der Waals surface area (Å²) in [6, 6.07) is 90.1. The van der Waals surface area contributed by atoms with Crippen molar-refractivity contribution in [2.24, 2.45) is 0 Å². The molecule has 3 heteroatoms. The van der Waals surface area contributed by atoms with Crippen molar-refractivity contribution in [1.29, 1.82) is 0 Å². The lowest BCUT2D eigenvalue weighted by Gasteiger charge is -2.32. The fraction of sp³-hybridized carbons (Fsp3) is 0.0746. The fourth-order valence-electron chi connectivity index (χ4n) is 12.5. The van der Waals surface area contributed by atoms with Crippen LogP contribution in [0.5, 0.6) is 0 Å². The van der Waals surface area contributed by atoms with E-state index >= 15 is 0 Å². The molecule has 2 aliphatic carbocycles. The van der Waals surface area contributed by atoms with Gasteiger partial charge in [-0.05, 0) is 167 Å². The SMILES string of the molecule is CC(C)(C)n1c2ccc(-c3ccc4c(c3)C3(c5ccccc5-c5ccccc53)c3cc(N(c5ccccc5)c5ccccc5)ccc3-4)c3ccc4c(N(c5ccccc5)c5ccccc5)ccc1c4c32. The Balaban J connectivity index is 1.01. The summed E-state index contributed by atoms with van der Waals surface area (Å²) in [4.78, 5) is 4.81. The molecule has 0 fully saturated rings. The van der Waals surface area contributed by atoms with Crippen LogP contribution in [-0.4, -0.2) is 4.57 Å². The number of fused-ring (bicyclic) bond motifs is 10. The molecule has 1 spiro atoms. The predicted octanol–water partition coefficient (Wildman–Crippen LogP) is 18.1. The highest BCUT2D eigenvalue weighted by atomic mass is 15.2. The smallest absolute Gasteiger partial charge is 0.0726 e. The second-order valence-electron chi connectivity index (χ2n) is 20.0. The topological polar surface area (TPSA) is 11.4 Å². The monoisotopic (exact) mass is 895 g/mol. The van der Waals surface area contributed by atoms with Crippen molar-refractivity contribution >= 4 is 66.7 Å². The van der Waals surface area contributed by atoms with Crippen LogP contribution in [-0.2, 0) is 11.0 Å². The van der Waals surface area contributed by atoms with Crippen molar-refractivity contribution in [3.63, 3.8) is 0 Å². The minimum Gasteiger partial charge on any atom is -0.335 e. The highest BCUT2D eigenvalue weighted by Crippen LogP contribution is 2.64. The summed E-state index contributed by atoms with van der Waals surface area (Å²) in [5.41, 5.74) is 21.6. The number of hydrogen-bond donors (Lipinski definition) is 0. The van der Waals surface area contributed by atoms with Crippen LogP contribution in [0.25, 0.3) is 66.0 Å². The van der Waals surface area contributed by atoms with E-state index in [0.717, 1.165) is 28.4 Å². The maximum atomic E-state index is 2.56. The van der Waals surface area contributed by atoms with Gasteiger partial charge in [-0.2, -0.15) is 0 Å². The number of hydrogen-bond acceptors (Lipinski definition) is 2. The first kappa shape index (κ1) is 40.4. The van der Waals surface area contributed by atoms with E-state index in [1.165, 1.54) is 93.9 Å². The maximum absolute atomic E-state index is 2.56. The molecule has 0 saturated heterocycles. The summed E-state index contributed by atoms with van der Waals surface area (Å²) in [5, 5.41) is 5.11. The highest BCUT2D eigenvalue weighted by Gasteiger charge is 2.52. The van der Waals surface area contributed by atoms with Gasteiger partial charge in [0.1, 0.15) is 0 Å². The first-order valence-electron chi connectivity index (χ1n) is 24.5. The van der Waals surface area contributed by atoms with Crippen molar-refractivity contribution in [2.45, 2.75) is 31.7 Å². The Bertz CT molecular complexity index is 3850. The zero-order valence-corrected chi connectivity index (χ0v) is 39.4. The number of nitrogens with zero attached hydrogens (tertiary/aromatic N) is 3. The van der Waals surface area contributed by atoms with Crippen molar-refractivity contribution < 1.29 is 0 Å². The molecule has 0 unspecified atom stereocenters. The summed E-state index contributed by atoms with van der Waals surface area (Å²) in [6.45, 7) is 6.99. The molecule has 70 heavy (non-hydrogen) atoms. The molecule has 1 heterocycles. The molecule has 0 saturated carbocycles. The van der Waals surface area contributed by atoms with E-state index in [1.807, 2.05) is 0 Å². The second kappa shape index (κ2) is 15.2. The van der Waals surface area contributed by atoms with Gasteiger partial charge in [0.25, 0.3) is 0 Å². The van der Waals surface area contributed by atoms with Crippen LogP contribution in [0.15, 0.2) is 243 Å². The van der Waals surface area contributed by atoms with E-state index in [1.54, 1.807) is 0 Å². The Morgan fingerprint density at radius 3 is 1.31 bits per heavy atom. The first-order valence-corrected chi connectivity index (χ1v) is 24.5. The minimum absolute atomic E-state index is 0.162. The van der Waals surface area contributed by atoms with Crippen molar-refractivity contribution in [2.75, 3.05) is 9.80 Å². The lowest BCUT2D eigenvalue weighted by molar-refractivity contribution is 0.423. The third kappa shape index (κ3) is 5.69. The molecule has 2 aliphatic rings. The number of rotatable bonds is 7. The summed E-state index contributed by atoms with van der Waals surface area (Å²) >= 11 is 0. The van der Waals surface area contributed by atoms with Crippen LogP contribution >= 0.6 is 0 Å². The zero-order chi connectivity index (χ0) is 46.7. The molecule has 0 amide bonds. The molecule has 0 bridgehead atoms. The molecule has 0 atom stereocenters. The van der Waals surface area contributed by atoms with Crippen LogP contribution in [0.1, 0.15) is 43.0 Å². The molecule has 0 aliphatic heterocycles.